The van der Waals surface area contributed by atoms with Crippen LogP contribution in [-0.4, -0.2) is 9.78 Å². The molecule has 50 valence electrons. The molecule has 0 aromatic carbocycles. The Morgan fingerprint density at radius 3 is 2.22 bits per heavy atom. The summed E-state index contributed by atoms with van der Waals surface area (Å²) in [5, 5.41) is 3.71. The second-order valence-corrected chi connectivity index (χ2v) is 3.64. The largest absolute Gasteiger partial charge is 0.286 e. The standard InChI is InChI=1S/C4H3Cl3N2/c5-4(6,7)9-3-1-2-8-9/h1-3H. The first-order valence-electron chi connectivity index (χ1n) is 2.17. The average Bonchev–Trinajstić information content (AvgIpc) is 2.08. The van der Waals surface area contributed by atoms with Gasteiger partial charge in [-0.3, -0.25) is 0 Å². The molecule has 1 aromatic rings. The summed E-state index contributed by atoms with van der Waals surface area (Å²) in [5.41, 5.74) is 0. The molecule has 2 nitrogen and oxygen atoms in total. The van der Waals surface area contributed by atoms with Crippen molar-refractivity contribution in [3.63, 3.8) is 0 Å². The lowest BCUT2D eigenvalue weighted by Gasteiger charge is -2.09. The Hall–Kier alpha value is 0.0800. The van der Waals surface area contributed by atoms with Crippen LogP contribution in [0.15, 0.2) is 18.5 Å². The molecule has 0 amide bonds. The van der Waals surface area contributed by atoms with Crippen molar-refractivity contribution in [3.8, 4) is 0 Å². The number of hydrogen-bond acceptors (Lipinski definition) is 1. The van der Waals surface area contributed by atoms with E-state index in [0.717, 1.165) is 0 Å². The first-order valence-corrected chi connectivity index (χ1v) is 3.31. The van der Waals surface area contributed by atoms with E-state index in [2.05, 4.69) is 5.10 Å². The van der Waals surface area contributed by atoms with Crippen molar-refractivity contribution in [2.24, 2.45) is 0 Å². The van der Waals surface area contributed by atoms with E-state index >= 15 is 0 Å². The molecule has 0 aliphatic heterocycles. The zero-order chi connectivity index (χ0) is 6.91. The lowest BCUT2D eigenvalue weighted by Crippen LogP contribution is -2.12. The van der Waals surface area contributed by atoms with Gasteiger partial charge < -0.3 is 0 Å². The molecule has 0 unspecified atom stereocenters. The molecule has 0 saturated heterocycles. The maximum Gasteiger partial charge on any atom is 0.286 e. The van der Waals surface area contributed by atoms with E-state index < -0.39 is 3.92 Å². The van der Waals surface area contributed by atoms with Crippen molar-refractivity contribution in [1.29, 1.82) is 0 Å². The number of aromatic nitrogens is 2. The summed E-state index contributed by atoms with van der Waals surface area (Å²) in [6.45, 7) is 0. The zero-order valence-electron chi connectivity index (χ0n) is 4.26. The van der Waals surface area contributed by atoms with Crippen molar-refractivity contribution in [3.05, 3.63) is 18.5 Å². The molecule has 0 saturated carbocycles. The van der Waals surface area contributed by atoms with Crippen LogP contribution in [0.25, 0.3) is 0 Å². The molecular formula is C4H3Cl3N2. The topological polar surface area (TPSA) is 17.8 Å². The van der Waals surface area contributed by atoms with Gasteiger partial charge in [-0.2, -0.15) is 5.10 Å². The van der Waals surface area contributed by atoms with Gasteiger partial charge in [0.15, 0.2) is 0 Å². The fraction of sp³-hybridized carbons (Fsp3) is 0.250. The molecule has 0 fully saturated rings. The Kier molecular flexibility index (Phi) is 1.89. The third-order valence-corrected chi connectivity index (χ3v) is 1.28. The van der Waals surface area contributed by atoms with Crippen LogP contribution in [0.5, 0.6) is 0 Å². The molecule has 5 heteroatoms. The summed E-state index contributed by atoms with van der Waals surface area (Å²) in [6.07, 6.45) is 3.12. The van der Waals surface area contributed by atoms with Gasteiger partial charge in [0.05, 0.1) is 0 Å². The minimum atomic E-state index is -1.45. The Bertz CT molecular complexity index is 176. The minimum Gasteiger partial charge on any atom is -0.224 e. The number of alkyl halides is 3. The molecule has 0 aliphatic rings. The third-order valence-electron chi connectivity index (χ3n) is 0.764. The summed E-state index contributed by atoms with van der Waals surface area (Å²) < 4.78 is -0.221. The highest BCUT2D eigenvalue weighted by molar-refractivity contribution is 6.64. The third kappa shape index (κ3) is 1.75. The molecule has 0 atom stereocenters. The highest BCUT2D eigenvalue weighted by Crippen LogP contribution is 2.30. The van der Waals surface area contributed by atoms with Crippen molar-refractivity contribution in [2.75, 3.05) is 0 Å². The molecule has 0 radical (unpaired) electrons. The first kappa shape index (κ1) is 7.19. The van der Waals surface area contributed by atoms with Crippen LogP contribution < -0.4 is 0 Å². The van der Waals surface area contributed by atoms with Gasteiger partial charge in [0.2, 0.25) is 0 Å². The summed E-state index contributed by atoms with van der Waals surface area (Å²) in [6, 6.07) is 1.68. The summed E-state index contributed by atoms with van der Waals surface area (Å²) in [5.74, 6) is 0. The monoisotopic (exact) mass is 184 g/mol. The van der Waals surface area contributed by atoms with Crippen molar-refractivity contribution >= 4 is 34.8 Å². The van der Waals surface area contributed by atoms with Crippen LogP contribution in [0.1, 0.15) is 0 Å². The Balaban J connectivity index is 2.90. The van der Waals surface area contributed by atoms with Crippen LogP contribution in [-0.2, 0) is 3.92 Å². The van der Waals surface area contributed by atoms with Crippen LogP contribution in [0.4, 0.5) is 0 Å². The van der Waals surface area contributed by atoms with E-state index in [4.69, 9.17) is 34.8 Å². The minimum absolute atomic E-state index is 1.23. The Labute approximate surface area is 67.3 Å². The van der Waals surface area contributed by atoms with Gasteiger partial charge in [-0.1, -0.05) is 34.8 Å². The smallest absolute Gasteiger partial charge is 0.224 e. The summed E-state index contributed by atoms with van der Waals surface area (Å²) in [4.78, 5) is 0. The van der Waals surface area contributed by atoms with E-state index in [0.29, 0.717) is 0 Å². The number of halogens is 3. The van der Waals surface area contributed by atoms with Gasteiger partial charge in [-0.05, 0) is 6.07 Å². The number of hydrogen-bond donors (Lipinski definition) is 0. The summed E-state index contributed by atoms with van der Waals surface area (Å²) >= 11 is 16.3. The molecule has 0 aliphatic carbocycles. The molecule has 0 spiro atoms. The normalized spacial score (nSPS) is 11.9. The molecule has 1 heterocycles. The lowest BCUT2D eigenvalue weighted by molar-refractivity contribution is 0.674. The number of nitrogens with zero attached hydrogens (tertiary/aromatic N) is 2. The highest BCUT2D eigenvalue weighted by atomic mass is 35.6. The second kappa shape index (κ2) is 2.37. The van der Waals surface area contributed by atoms with E-state index in [1.807, 2.05) is 0 Å². The highest BCUT2D eigenvalue weighted by Gasteiger charge is 2.21. The van der Waals surface area contributed by atoms with E-state index in [1.165, 1.54) is 4.68 Å². The fourth-order valence-electron chi connectivity index (χ4n) is 0.419. The quantitative estimate of drug-likeness (QED) is 0.567. The molecule has 1 aromatic heterocycles. The van der Waals surface area contributed by atoms with E-state index in [-0.39, 0.29) is 0 Å². The van der Waals surface area contributed by atoms with Gasteiger partial charge in [0.1, 0.15) is 0 Å². The summed E-state index contributed by atoms with van der Waals surface area (Å²) in [7, 11) is 0. The molecule has 9 heavy (non-hydrogen) atoms. The molecular weight excluding hydrogens is 182 g/mol. The van der Waals surface area contributed by atoms with Crippen molar-refractivity contribution < 1.29 is 0 Å². The van der Waals surface area contributed by atoms with Crippen molar-refractivity contribution in [1.82, 2.24) is 9.78 Å². The van der Waals surface area contributed by atoms with Crippen LogP contribution in [0.3, 0.4) is 0 Å². The number of rotatable bonds is 0. The predicted octanol–water partition coefficient (Wildman–Crippen LogP) is 2.17. The second-order valence-electron chi connectivity index (χ2n) is 1.42. The molecule has 0 N–H and O–H groups in total. The van der Waals surface area contributed by atoms with Gasteiger partial charge in [0.25, 0.3) is 3.92 Å². The van der Waals surface area contributed by atoms with Gasteiger partial charge in [-0.15, -0.1) is 0 Å². The van der Waals surface area contributed by atoms with Gasteiger partial charge in [-0.25, -0.2) is 4.68 Å². The molecule has 0 bridgehead atoms. The maximum atomic E-state index is 5.43. The predicted molar refractivity (Wildman–Crippen MR) is 37.8 cm³/mol. The van der Waals surface area contributed by atoms with Crippen molar-refractivity contribution in [2.45, 2.75) is 3.92 Å². The molecule has 1 rings (SSSR count). The average molecular weight is 185 g/mol. The Morgan fingerprint density at radius 2 is 2.00 bits per heavy atom. The SMILES string of the molecule is ClC(Cl)(Cl)n1cccn1. The maximum absolute atomic E-state index is 5.43. The van der Waals surface area contributed by atoms with Crippen LogP contribution in [0, 0.1) is 0 Å². The van der Waals surface area contributed by atoms with Crippen LogP contribution in [0.2, 0.25) is 0 Å². The Morgan fingerprint density at radius 1 is 1.33 bits per heavy atom. The first-order chi connectivity index (χ1) is 4.11. The van der Waals surface area contributed by atoms with E-state index in [1.54, 1.807) is 18.5 Å². The zero-order valence-corrected chi connectivity index (χ0v) is 6.53. The van der Waals surface area contributed by atoms with Gasteiger partial charge in [0, 0.05) is 12.4 Å². The lowest BCUT2D eigenvalue weighted by atomic mass is 10.8. The van der Waals surface area contributed by atoms with Crippen LogP contribution >= 0.6 is 34.8 Å². The fourth-order valence-corrected chi connectivity index (χ4v) is 0.719. The van der Waals surface area contributed by atoms with Gasteiger partial charge >= 0.3 is 0 Å². The van der Waals surface area contributed by atoms with E-state index in [9.17, 15) is 0 Å².